The van der Waals surface area contributed by atoms with Crippen LogP contribution in [0.2, 0.25) is 0 Å². The van der Waals surface area contributed by atoms with Crippen molar-refractivity contribution in [2.24, 2.45) is 10.9 Å². The summed E-state index contributed by atoms with van der Waals surface area (Å²) in [4.78, 5) is 30.1. The molecule has 9 heteroatoms. The maximum absolute atomic E-state index is 12.1. The van der Waals surface area contributed by atoms with E-state index in [-0.39, 0.29) is 5.91 Å². The number of hydrogen-bond donors (Lipinski definition) is 2. The molecule has 0 aliphatic carbocycles. The van der Waals surface area contributed by atoms with Gasteiger partial charge in [0.25, 0.3) is 0 Å². The lowest BCUT2D eigenvalue weighted by Gasteiger charge is -2.16. The highest BCUT2D eigenvalue weighted by molar-refractivity contribution is 7.15. The van der Waals surface area contributed by atoms with Gasteiger partial charge in [-0.1, -0.05) is 43.3 Å². The van der Waals surface area contributed by atoms with E-state index in [0.29, 0.717) is 18.1 Å². The molecule has 2 aromatic heterocycles. The summed E-state index contributed by atoms with van der Waals surface area (Å²) >= 11 is 1.64. The number of nitrogens with one attached hydrogen (secondary N) is 1. The van der Waals surface area contributed by atoms with E-state index in [1.807, 2.05) is 66.9 Å². The number of nitrogens with zero attached hydrogens (tertiary/aromatic N) is 4. The fourth-order valence-corrected chi connectivity index (χ4v) is 5.88. The van der Waals surface area contributed by atoms with E-state index < -0.39 is 17.9 Å². The predicted molar refractivity (Wildman–Crippen MR) is 149 cm³/mol. The van der Waals surface area contributed by atoms with Crippen molar-refractivity contribution in [1.82, 2.24) is 14.8 Å². The number of carboxylic acid groups (broad SMARTS) is 1. The molecule has 2 N–H and O–H groups in total. The Kier molecular flexibility index (Phi) is 6.71. The lowest BCUT2D eigenvalue weighted by molar-refractivity contribution is -0.141. The van der Waals surface area contributed by atoms with Crippen molar-refractivity contribution in [3.63, 3.8) is 0 Å². The van der Waals surface area contributed by atoms with E-state index in [9.17, 15) is 14.7 Å². The molecule has 1 unspecified atom stereocenters. The quantitative estimate of drug-likeness (QED) is 0.325. The summed E-state index contributed by atoms with van der Waals surface area (Å²) in [5.41, 5.74) is 6.46. The smallest absolute Gasteiger partial charge is 0.308 e. The number of aliphatic imine (C=N–C) groups is 1. The molecule has 0 saturated heterocycles. The molecule has 38 heavy (non-hydrogen) atoms. The summed E-state index contributed by atoms with van der Waals surface area (Å²) in [5.74, 6) is -0.516. The zero-order valence-corrected chi connectivity index (χ0v) is 22.8. The van der Waals surface area contributed by atoms with Gasteiger partial charge in [-0.15, -0.1) is 21.5 Å². The Hall–Kier alpha value is -4.11. The molecule has 3 heterocycles. The molecule has 1 amide bonds. The predicted octanol–water partition coefficient (Wildman–Crippen LogP) is 5.88. The van der Waals surface area contributed by atoms with Gasteiger partial charge in [0.05, 0.1) is 11.6 Å². The second-order valence-corrected chi connectivity index (χ2v) is 10.7. The van der Waals surface area contributed by atoms with E-state index in [2.05, 4.69) is 29.4 Å². The first-order chi connectivity index (χ1) is 18.2. The SMILES string of the molecule is CCC(=O)Nc1cccc(-c2ccc(C3=N[C@@H](C(C)C(=O)O)c4nnc(C)n4-c4sc(C)c(C)c43)cc2)c1. The molecule has 1 aliphatic rings. The summed E-state index contributed by atoms with van der Waals surface area (Å²) in [7, 11) is 0. The first-order valence-corrected chi connectivity index (χ1v) is 13.3. The molecule has 0 spiro atoms. The first-order valence-electron chi connectivity index (χ1n) is 12.5. The van der Waals surface area contributed by atoms with E-state index in [0.717, 1.165) is 49.1 Å². The van der Waals surface area contributed by atoms with Gasteiger partial charge in [0, 0.05) is 28.1 Å². The van der Waals surface area contributed by atoms with Gasteiger partial charge in [0.15, 0.2) is 5.82 Å². The molecule has 0 bridgehead atoms. The number of aromatic nitrogens is 3. The molecule has 5 rings (SSSR count). The number of carboxylic acids is 1. The standard InChI is InChI=1S/C29H29N5O3S/c1-6-23(35)30-22-9-7-8-21(14-22)19-10-12-20(13-11-19)26-24-15(2)17(4)38-28(24)34-18(5)32-33-27(34)25(31-26)16(3)29(36)37/h7-14,16,25H,6H2,1-5H3,(H,30,35)(H,36,37)/t16?,25-/m0/s1. The van der Waals surface area contributed by atoms with Gasteiger partial charge in [-0.25, -0.2) is 0 Å². The van der Waals surface area contributed by atoms with E-state index in [1.54, 1.807) is 18.3 Å². The molecular weight excluding hydrogens is 498 g/mol. The number of hydrogen-bond acceptors (Lipinski definition) is 6. The Morgan fingerprint density at radius 1 is 1.05 bits per heavy atom. The van der Waals surface area contributed by atoms with Crippen molar-refractivity contribution in [2.75, 3.05) is 5.32 Å². The minimum absolute atomic E-state index is 0.0309. The van der Waals surface area contributed by atoms with Crippen LogP contribution < -0.4 is 5.32 Å². The highest BCUT2D eigenvalue weighted by Gasteiger charge is 2.36. The van der Waals surface area contributed by atoms with Crippen LogP contribution in [-0.4, -0.2) is 37.5 Å². The summed E-state index contributed by atoms with van der Waals surface area (Å²) < 4.78 is 1.96. The zero-order valence-electron chi connectivity index (χ0n) is 21.9. The van der Waals surface area contributed by atoms with E-state index in [1.165, 1.54) is 0 Å². The Balaban J connectivity index is 1.62. The minimum Gasteiger partial charge on any atom is -0.481 e. The molecule has 194 valence electrons. The highest BCUT2D eigenvalue weighted by Crippen LogP contribution is 2.40. The van der Waals surface area contributed by atoms with Gasteiger partial charge in [-0.2, -0.15) is 0 Å². The number of benzene rings is 2. The third-order valence-corrected chi connectivity index (χ3v) is 8.20. The van der Waals surface area contributed by atoms with Gasteiger partial charge in [-0.05, 0) is 56.5 Å². The summed E-state index contributed by atoms with van der Waals surface area (Å²) in [6.45, 7) is 9.52. The number of carbonyl (C=O) groups excluding carboxylic acids is 1. The number of amides is 1. The minimum atomic E-state index is -0.936. The number of aliphatic carboxylic acids is 1. The second kappa shape index (κ2) is 9.98. The van der Waals surface area contributed by atoms with Gasteiger partial charge >= 0.3 is 5.97 Å². The van der Waals surface area contributed by atoms with Crippen LogP contribution in [0.15, 0.2) is 53.5 Å². The number of aryl methyl sites for hydroxylation is 2. The van der Waals surface area contributed by atoms with Crippen molar-refractivity contribution >= 4 is 34.6 Å². The van der Waals surface area contributed by atoms with Gasteiger partial charge in [-0.3, -0.25) is 19.1 Å². The van der Waals surface area contributed by atoms with Crippen molar-refractivity contribution in [3.05, 3.63) is 81.7 Å². The number of fused-ring (bicyclic) bond motifs is 3. The van der Waals surface area contributed by atoms with Crippen LogP contribution >= 0.6 is 11.3 Å². The number of carbonyl (C=O) groups is 2. The Bertz CT molecular complexity index is 1580. The van der Waals surface area contributed by atoms with E-state index >= 15 is 0 Å². The number of anilines is 1. The largest absolute Gasteiger partial charge is 0.481 e. The van der Waals surface area contributed by atoms with Gasteiger partial charge < -0.3 is 10.4 Å². The maximum atomic E-state index is 12.1. The van der Waals surface area contributed by atoms with Gasteiger partial charge in [0.1, 0.15) is 16.9 Å². The summed E-state index contributed by atoms with van der Waals surface area (Å²) in [6.07, 6.45) is 0.418. The number of rotatable bonds is 6. The summed E-state index contributed by atoms with van der Waals surface area (Å²) in [5, 5.41) is 22.4. The zero-order chi connectivity index (χ0) is 27.1. The summed E-state index contributed by atoms with van der Waals surface area (Å²) in [6, 6.07) is 15.1. The van der Waals surface area contributed by atoms with Crippen LogP contribution in [0.5, 0.6) is 0 Å². The van der Waals surface area contributed by atoms with Gasteiger partial charge in [0.2, 0.25) is 5.91 Å². The molecule has 8 nitrogen and oxygen atoms in total. The molecule has 0 saturated carbocycles. The van der Waals surface area contributed by atoms with E-state index in [4.69, 9.17) is 4.99 Å². The lowest BCUT2D eigenvalue weighted by Crippen LogP contribution is -2.21. The molecular formula is C29H29N5O3S. The fourth-order valence-electron chi connectivity index (χ4n) is 4.66. The van der Waals surface area contributed by atoms with Crippen LogP contribution in [0.1, 0.15) is 59.5 Å². The molecule has 0 fully saturated rings. The third-order valence-electron chi connectivity index (χ3n) is 7.01. The fraction of sp³-hybridized carbons (Fsp3) is 0.276. The van der Waals surface area contributed by atoms with Crippen molar-refractivity contribution < 1.29 is 14.7 Å². The molecule has 0 radical (unpaired) electrons. The van der Waals surface area contributed by atoms with Crippen LogP contribution in [0.25, 0.3) is 16.1 Å². The maximum Gasteiger partial charge on any atom is 0.308 e. The van der Waals surface area contributed by atoms with Crippen LogP contribution in [0.3, 0.4) is 0 Å². The Morgan fingerprint density at radius 2 is 1.76 bits per heavy atom. The molecule has 2 aromatic carbocycles. The topological polar surface area (TPSA) is 109 Å². The Labute approximate surface area is 225 Å². The lowest BCUT2D eigenvalue weighted by atomic mass is 9.96. The monoisotopic (exact) mass is 527 g/mol. The van der Waals surface area contributed by atoms with Crippen molar-refractivity contribution in [1.29, 1.82) is 0 Å². The van der Waals surface area contributed by atoms with Crippen LogP contribution in [-0.2, 0) is 9.59 Å². The molecule has 1 aliphatic heterocycles. The normalized spacial score (nSPS) is 15.2. The Morgan fingerprint density at radius 3 is 2.45 bits per heavy atom. The van der Waals surface area contributed by atoms with Crippen LogP contribution in [0.4, 0.5) is 5.69 Å². The number of thiophene rings is 1. The highest BCUT2D eigenvalue weighted by atomic mass is 32.1. The average molecular weight is 528 g/mol. The third kappa shape index (κ3) is 4.43. The second-order valence-electron chi connectivity index (χ2n) is 9.51. The first kappa shape index (κ1) is 25.5. The van der Waals surface area contributed by atoms with Crippen LogP contribution in [0, 0.1) is 26.7 Å². The molecule has 2 atom stereocenters. The van der Waals surface area contributed by atoms with Crippen molar-refractivity contribution in [2.45, 2.75) is 47.1 Å². The molecule has 4 aromatic rings. The average Bonchev–Trinajstić information content (AvgIpc) is 3.38. The van der Waals surface area contributed by atoms with Crippen molar-refractivity contribution in [3.8, 4) is 16.1 Å².